The van der Waals surface area contributed by atoms with Gasteiger partial charge in [0, 0.05) is 6.54 Å². The van der Waals surface area contributed by atoms with Crippen molar-refractivity contribution >= 4 is 5.91 Å². The standard InChI is InChI=1S/C8H16N2O/c1-2-6-3-7(6)5-10-8(11)4-9/h6-7H,2-5,9H2,1H3,(H,10,11)/t6-,7+/m1/s1. The number of rotatable bonds is 4. The first kappa shape index (κ1) is 8.53. The number of carbonyl (C=O) groups is 1. The van der Waals surface area contributed by atoms with E-state index in [0.717, 1.165) is 18.4 Å². The summed E-state index contributed by atoms with van der Waals surface area (Å²) in [5, 5.41) is 2.79. The molecule has 1 aliphatic carbocycles. The summed E-state index contributed by atoms with van der Waals surface area (Å²) in [6.45, 7) is 3.13. The third-order valence-corrected chi connectivity index (χ3v) is 2.34. The first-order valence-corrected chi connectivity index (χ1v) is 4.24. The van der Waals surface area contributed by atoms with Crippen LogP contribution < -0.4 is 11.1 Å². The van der Waals surface area contributed by atoms with Gasteiger partial charge in [-0.15, -0.1) is 0 Å². The molecule has 0 aromatic carbocycles. The molecule has 0 spiro atoms. The van der Waals surface area contributed by atoms with E-state index >= 15 is 0 Å². The van der Waals surface area contributed by atoms with E-state index < -0.39 is 0 Å². The Morgan fingerprint density at radius 2 is 2.36 bits per heavy atom. The highest BCUT2D eigenvalue weighted by Gasteiger charge is 2.34. The van der Waals surface area contributed by atoms with Crippen molar-refractivity contribution in [3.05, 3.63) is 0 Å². The molecule has 1 saturated carbocycles. The van der Waals surface area contributed by atoms with Crippen LogP contribution >= 0.6 is 0 Å². The van der Waals surface area contributed by atoms with Gasteiger partial charge in [0.05, 0.1) is 6.54 Å². The van der Waals surface area contributed by atoms with Gasteiger partial charge in [0.2, 0.25) is 5.91 Å². The van der Waals surface area contributed by atoms with Crippen LogP contribution in [0, 0.1) is 11.8 Å². The predicted octanol–water partition coefficient (Wildman–Crippen LogP) is 0.107. The molecule has 3 N–H and O–H groups in total. The van der Waals surface area contributed by atoms with Gasteiger partial charge < -0.3 is 11.1 Å². The highest BCUT2D eigenvalue weighted by Crippen LogP contribution is 2.40. The lowest BCUT2D eigenvalue weighted by atomic mass is 10.2. The van der Waals surface area contributed by atoms with Crippen LogP contribution in [-0.4, -0.2) is 19.0 Å². The lowest BCUT2D eigenvalue weighted by Gasteiger charge is -2.00. The number of hydrogen-bond donors (Lipinski definition) is 2. The molecule has 0 radical (unpaired) electrons. The maximum absolute atomic E-state index is 10.7. The molecule has 1 fully saturated rings. The molecular formula is C8H16N2O. The summed E-state index contributed by atoms with van der Waals surface area (Å²) in [7, 11) is 0. The zero-order valence-corrected chi connectivity index (χ0v) is 6.97. The molecule has 2 atom stereocenters. The maximum atomic E-state index is 10.7. The second-order valence-corrected chi connectivity index (χ2v) is 3.17. The van der Waals surface area contributed by atoms with Crippen molar-refractivity contribution in [2.75, 3.05) is 13.1 Å². The average molecular weight is 156 g/mol. The quantitative estimate of drug-likeness (QED) is 0.607. The predicted molar refractivity (Wildman–Crippen MR) is 44.0 cm³/mol. The molecule has 0 heterocycles. The van der Waals surface area contributed by atoms with Crippen molar-refractivity contribution in [3.8, 4) is 0 Å². The van der Waals surface area contributed by atoms with Gasteiger partial charge in [0.25, 0.3) is 0 Å². The van der Waals surface area contributed by atoms with E-state index in [1.165, 1.54) is 12.8 Å². The molecule has 3 nitrogen and oxygen atoms in total. The Morgan fingerprint density at radius 3 is 2.82 bits per heavy atom. The molecule has 1 aliphatic rings. The first-order chi connectivity index (χ1) is 5.27. The molecule has 3 heteroatoms. The Hall–Kier alpha value is -0.570. The number of hydrogen-bond acceptors (Lipinski definition) is 2. The molecule has 0 aromatic heterocycles. The Balaban J connectivity index is 2.01. The van der Waals surface area contributed by atoms with Gasteiger partial charge >= 0.3 is 0 Å². The lowest BCUT2D eigenvalue weighted by molar-refractivity contribution is -0.119. The van der Waals surface area contributed by atoms with Crippen molar-refractivity contribution in [1.29, 1.82) is 0 Å². The molecule has 0 saturated heterocycles. The average Bonchev–Trinajstić information content (AvgIpc) is 2.78. The third-order valence-electron chi connectivity index (χ3n) is 2.34. The fourth-order valence-electron chi connectivity index (χ4n) is 1.38. The van der Waals surface area contributed by atoms with Crippen LogP contribution in [0.25, 0.3) is 0 Å². The zero-order chi connectivity index (χ0) is 8.27. The van der Waals surface area contributed by atoms with Gasteiger partial charge in [-0.3, -0.25) is 4.79 Å². The number of nitrogens with one attached hydrogen (secondary N) is 1. The van der Waals surface area contributed by atoms with Gasteiger partial charge in [-0.2, -0.15) is 0 Å². The zero-order valence-electron chi connectivity index (χ0n) is 6.97. The van der Waals surface area contributed by atoms with Gasteiger partial charge in [-0.1, -0.05) is 13.3 Å². The summed E-state index contributed by atoms with van der Waals surface area (Å²) in [6, 6.07) is 0. The van der Waals surface area contributed by atoms with Crippen LogP contribution in [0.5, 0.6) is 0 Å². The van der Waals surface area contributed by atoms with Crippen LogP contribution in [0.15, 0.2) is 0 Å². The topological polar surface area (TPSA) is 55.1 Å². The van der Waals surface area contributed by atoms with Crippen molar-refractivity contribution in [1.82, 2.24) is 5.32 Å². The van der Waals surface area contributed by atoms with Gasteiger partial charge in [-0.25, -0.2) is 0 Å². The summed E-state index contributed by atoms with van der Waals surface area (Å²) in [6.07, 6.45) is 2.52. The molecule has 0 aliphatic heterocycles. The van der Waals surface area contributed by atoms with E-state index in [4.69, 9.17) is 5.73 Å². The Kier molecular flexibility index (Phi) is 2.88. The van der Waals surface area contributed by atoms with Crippen molar-refractivity contribution < 1.29 is 4.79 Å². The summed E-state index contributed by atoms with van der Waals surface area (Å²) in [5.74, 6) is 1.55. The van der Waals surface area contributed by atoms with Crippen molar-refractivity contribution in [3.63, 3.8) is 0 Å². The highest BCUT2D eigenvalue weighted by molar-refractivity contribution is 5.77. The third kappa shape index (κ3) is 2.50. The normalized spacial score (nSPS) is 28.2. The Bertz CT molecular complexity index is 147. The summed E-state index contributed by atoms with van der Waals surface area (Å²) in [4.78, 5) is 10.7. The van der Waals surface area contributed by atoms with Crippen molar-refractivity contribution in [2.45, 2.75) is 19.8 Å². The summed E-state index contributed by atoms with van der Waals surface area (Å²) in [5.41, 5.74) is 5.13. The van der Waals surface area contributed by atoms with Crippen molar-refractivity contribution in [2.24, 2.45) is 17.6 Å². The molecule has 64 valence electrons. The van der Waals surface area contributed by atoms with E-state index in [9.17, 15) is 4.79 Å². The molecule has 1 rings (SSSR count). The fourth-order valence-corrected chi connectivity index (χ4v) is 1.38. The number of carbonyl (C=O) groups excluding carboxylic acids is 1. The van der Waals surface area contributed by atoms with E-state index in [2.05, 4.69) is 12.2 Å². The van der Waals surface area contributed by atoms with Gasteiger partial charge in [-0.05, 0) is 18.3 Å². The molecule has 0 aromatic rings. The smallest absolute Gasteiger partial charge is 0.233 e. The van der Waals surface area contributed by atoms with Gasteiger partial charge in [0.1, 0.15) is 0 Å². The monoisotopic (exact) mass is 156 g/mol. The number of amides is 1. The summed E-state index contributed by atoms with van der Waals surface area (Å²) >= 11 is 0. The van der Waals surface area contributed by atoms with Crippen LogP contribution in [0.2, 0.25) is 0 Å². The number of nitrogens with two attached hydrogens (primary N) is 1. The van der Waals surface area contributed by atoms with E-state index in [-0.39, 0.29) is 12.5 Å². The Morgan fingerprint density at radius 1 is 1.64 bits per heavy atom. The SMILES string of the molecule is CC[C@@H]1C[C@H]1CNC(=O)CN. The molecular weight excluding hydrogens is 140 g/mol. The van der Waals surface area contributed by atoms with Crippen LogP contribution in [0.3, 0.4) is 0 Å². The van der Waals surface area contributed by atoms with Crippen LogP contribution in [-0.2, 0) is 4.79 Å². The minimum Gasteiger partial charge on any atom is -0.355 e. The van der Waals surface area contributed by atoms with Crippen LogP contribution in [0.4, 0.5) is 0 Å². The fraction of sp³-hybridized carbons (Fsp3) is 0.875. The second-order valence-electron chi connectivity index (χ2n) is 3.17. The minimum absolute atomic E-state index is 0.0354. The molecule has 11 heavy (non-hydrogen) atoms. The van der Waals surface area contributed by atoms with E-state index in [0.29, 0.717) is 0 Å². The van der Waals surface area contributed by atoms with Gasteiger partial charge in [0.15, 0.2) is 0 Å². The summed E-state index contributed by atoms with van der Waals surface area (Å²) < 4.78 is 0. The molecule has 0 unspecified atom stereocenters. The second kappa shape index (κ2) is 3.72. The largest absolute Gasteiger partial charge is 0.355 e. The lowest BCUT2D eigenvalue weighted by Crippen LogP contribution is -2.31. The highest BCUT2D eigenvalue weighted by atomic mass is 16.1. The maximum Gasteiger partial charge on any atom is 0.233 e. The van der Waals surface area contributed by atoms with Crippen LogP contribution in [0.1, 0.15) is 19.8 Å². The first-order valence-electron chi connectivity index (χ1n) is 4.24. The van der Waals surface area contributed by atoms with E-state index in [1.54, 1.807) is 0 Å². The van der Waals surface area contributed by atoms with E-state index in [1.807, 2.05) is 0 Å². The minimum atomic E-state index is -0.0354. The molecule has 0 bridgehead atoms. The Labute approximate surface area is 67.3 Å². The molecule has 1 amide bonds.